The van der Waals surface area contributed by atoms with Crippen LogP contribution in [0.3, 0.4) is 0 Å². The fourth-order valence-electron chi connectivity index (χ4n) is 0.962. The van der Waals surface area contributed by atoms with Gasteiger partial charge in [-0.2, -0.15) is 30.7 Å². The number of rotatable bonds is 1. The maximum Gasteiger partial charge on any atom is 0.458 e. The highest BCUT2D eigenvalue weighted by molar-refractivity contribution is 5.76. The first-order valence-corrected chi connectivity index (χ1v) is 3.59. The van der Waals surface area contributed by atoms with E-state index in [0.29, 0.717) is 0 Å². The molecule has 1 saturated heterocycles. The molecule has 1 heterocycles. The summed E-state index contributed by atoms with van der Waals surface area (Å²) in [6, 6.07) is -2.81. The molecule has 0 bridgehead atoms. The van der Waals surface area contributed by atoms with Gasteiger partial charge in [-0.15, -0.1) is 0 Å². The van der Waals surface area contributed by atoms with Gasteiger partial charge in [-0.3, -0.25) is 14.3 Å². The Balaban J connectivity index is 3.21. The third-order valence-corrected chi connectivity index (χ3v) is 1.75. The fourth-order valence-corrected chi connectivity index (χ4v) is 0.962. The Morgan fingerprint density at radius 3 is 1.75 bits per heavy atom. The molecular weight excluding hydrogens is 253 g/mol. The van der Waals surface area contributed by atoms with Gasteiger partial charge in [0.15, 0.2) is 0 Å². The summed E-state index contributed by atoms with van der Waals surface area (Å²) in [5.41, 5.74) is 0. The smallest absolute Gasteiger partial charge is 0.289 e. The van der Waals surface area contributed by atoms with Crippen LogP contribution >= 0.6 is 0 Å². The van der Waals surface area contributed by atoms with E-state index in [2.05, 4.69) is 9.47 Å². The molecule has 16 heavy (non-hydrogen) atoms. The summed E-state index contributed by atoms with van der Waals surface area (Å²) in [4.78, 5) is 10.1. The minimum absolute atomic E-state index is 0.107. The minimum Gasteiger partial charge on any atom is -0.289 e. The second-order valence-electron chi connectivity index (χ2n) is 3.03. The van der Waals surface area contributed by atoms with Crippen molar-refractivity contribution in [2.45, 2.75) is 30.9 Å². The molecule has 0 N–H and O–H groups in total. The molecule has 3 nitrogen and oxygen atoms in total. The van der Waals surface area contributed by atoms with Gasteiger partial charge in [0, 0.05) is 6.92 Å². The number of ether oxygens (including phenoxy) is 2. The highest BCUT2D eigenvalue weighted by Gasteiger charge is 2.83. The first kappa shape index (κ1) is 13.2. The van der Waals surface area contributed by atoms with E-state index in [0.717, 1.165) is 0 Å². The topological polar surface area (TPSA) is 35.5 Å². The Morgan fingerprint density at radius 2 is 1.56 bits per heavy atom. The van der Waals surface area contributed by atoms with E-state index < -0.39 is 30.0 Å². The standard InChI is InChI=1S/C6H3F7O3/c1-3(2(7)14)15-4(8,5(9,10)11)6(12,13)16-3/h1H3. The van der Waals surface area contributed by atoms with Crippen molar-refractivity contribution in [3.05, 3.63) is 0 Å². The van der Waals surface area contributed by atoms with Crippen LogP contribution in [0.2, 0.25) is 0 Å². The molecule has 1 fully saturated rings. The van der Waals surface area contributed by atoms with Crippen molar-refractivity contribution >= 4 is 6.04 Å². The quantitative estimate of drug-likeness (QED) is 0.532. The number of halogens is 7. The largest absolute Gasteiger partial charge is 0.458 e. The van der Waals surface area contributed by atoms with E-state index in [9.17, 15) is 35.5 Å². The molecule has 2 atom stereocenters. The van der Waals surface area contributed by atoms with Crippen LogP contribution in [0.1, 0.15) is 6.92 Å². The van der Waals surface area contributed by atoms with Gasteiger partial charge in [0.2, 0.25) is 0 Å². The summed E-state index contributed by atoms with van der Waals surface area (Å²) < 4.78 is 92.2. The lowest BCUT2D eigenvalue weighted by molar-refractivity contribution is -0.393. The molecule has 0 amide bonds. The zero-order valence-corrected chi connectivity index (χ0v) is 7.37. The van der Waals surface area contributed by atoms with Crippen molar-refractivity contribution in [1.82, 2.24) is 0 Å². The van der Waals surface area contributed by atoms with Crippen molar-refractivity contribution < 1.29 is 45.0 Å². The van der Waals surface area contributed by atoms with Gasteiger partial charge < -0.3 is 0 Å². The summed E-state index contributed by atoms with van der Waals surface area (Å²) >= 11 is 0. The van der Waals surface area contributed by atoms with Gasteiger partial charge in [0.1, 0.15) is 0 Å². The van der Waals surface area contributed by atoms with Crippen LogP contribution in [0.25, 0.3) is 0 Å². The van der Waals surface area contributed by atoms with E-state index in [1.807, 2.05) is 0 Å². The minimum atomic E-state index is -6.19. The summed E-state index contributed by atoms with van der Waals surface area (Å²) in [6.07, 6.45) is -11.7. The predicted molar refractivity (Wildman–Crippen MR) is 31.5 cm³/mol. The van der Waals surface area contributed by atoms with E-state index in [4.69, 9.17) is 0 Å². The second kappa shape index (κ2) is 3.06. The van der Waals surface area contributed by atoms with Crippen molar-refractivity contribution in [1.29, 1.82) is 0 Å². The second-order valence-corrected chi connectivity index (χ2v) is 3.03. The molecule has 0 aliphatic carbocycles. The molecule has 1 rings (SSSR count). The number of hydrogen-bond acceptors (Lipinski definition) is 3. The monoisotopic (exact) mass is 256 g/mol. The molecule has 2 unspecified atom stereocenters. The lowest BCUT2D eigenvalue weighted by atomic mass is 10.3. The SMILES string of the molecule is CC1(C(=O)F)OC(F)(F)C(F)(C(F)(F)F)O1. The van der Waals surface area contributed by atoms with Crippen molar-refractivity contribution in [3.63, 3.8) is 0 Å². The van der Waals surface area contributed by atoms with Crippen LogP contribution in [-0.2, 0) is 14.3 Å². The van der Waals surface area contributed by atoms with E-state index in [-0.39, 0.29) is 6.92 Å². The van der Waals surface area contributed by atoms with Crippen LogP contribution in [0.5, 0.6) is 0 Å². The molecular formula is C6H3F7O3. The van der Waals surface area contributed by atoms with Crippen LogP contribution in [0.4, 0.5) is 30.7 Å². The van der Waals surface area contributed by atoms with Gasteiger partial charge in [0.05, 0.1) is 0 Å². The maximum atomic E-state index is 12.9. The van der Waals surface area contributed by atoms with Gasteiger partial charge >= 0.3 is 24.2 Å². The molecule has 0 saturated carbocycles. The summed E-state index contributed by atoms with van der Waals surface area (Å²) in [7, 11) is 0. The van der Waals surface area contributed by atoms with Gasteiger partial charge in [-0.25, -0.2) is 0 Å². The molecule has 10 heteroatoms. The summed E-state index contributed by atoms with van der Waals surface area (Å²) in [6.45, 7) is 0.107. The Bertz CT molecular complexity index is 327. The molecule has 0 aromatic heterocycles. The van der Waals surface area contributed by atoms with Crippen molar-refractivity contribution in [3.8, 4) is 0 Å². The molecule has 94 valence electrons. The molecule has 0 aromatic carbocycles. The van der Waals surface area contributed by atoms with Gasteiger partial charge in [0.25, 0.3) is 5.79 Å². The molecule has 1 aliphatic rings. The maximum absolute atomic E-state index is 12.9. The average Bonchev–Trinajstić information content (AvgIpc) is 2.18. The normalized spacial score (nSPS) is 38.8. The van der Waals surface area contributed by atoms with Crippen molar-refractivity contribution in [2.75, 3.05) is 0 Å². The highest BCUT2D eigenvalue weighted by atomic mass is 19.4. The van der Waals surface area contributed by atoms with Crippen LogP contribution in [0, 0.1) is 0 Å². The number of hydrogen-bond donors (Lipinski definition) is 0. The Morgan fingerprint density at radius 1 is 1.12 bits per heavy atom. The molecule has 0 aromatic rings. The Labute approximate surface area is 83.1 Å². The number of alkyl halides is 6. The zero-order valence-electron chi connectivity index (χ0n) is 7.37. The third kappa shape index (κ3) is 1.56. The number of carbonyl (C=O) groups excluding carboxylic acids is 1. The van der Waals surface area contributed by atoms with E-state index >= 15 is 0 Å². The summed E-state index contributed by atoms with van der Waals surface area (Å²) in [5.74, 6) is -9.20. The molecule has 0 radical (unpaired) electrons. The number of carbonyl (C=O) groups is 1. The van der Waals surface area contributed by atoms with Gasteiger partial charge in [-0.1, -0.05) is 0 Å². The average molecular weight is 256 g/mol. The fraction of sp³-hybridized carbons (Fsp3) is 0.833. The van der Waals surface area contributed by atoms with E-state index in [1.165, 1.54) is 0 Å². The lowest BCUT2D eigenvalue weighted by Gasteiger charge is -2.25. The lowest BCUT2D eigenvalue weighted by Crippen LogP contribution is -2.53. The van der Waals surface area contributed by atoms with E-state index in [1.54, 1.807) is 0 Å². The van der Waals surface area contributed by atoms with Crippen molar-refractivity contribution in [2.24, 2.45) is 0 Å². The Kier molecular flexibility index (Phi) is 2.52. The zero-order chi connectivity index (χ0) is 13.0. The highest BCUT2D eigenvalue weighted by Crippen LogP contribution is 2.55. The van der Waals surface area contributed by atoms with Gasteiger partial charge in [-0.05, 0) is 0 Å². The van der Waals surface area contributed by atoms with Crippen LogP contribution < -0.4 is 0 Å². The Hall–Kier alpha value is -0.900. The first-order chi connectivity index (χ1) is 6.86. The first-order valence-electron chi connectivity index (χ1n) is 3.59. The predicted octanol–water partition coefficient (Wildman–Crippen LogP) is 2.07. The molecule has 0 spiro atoms. The molecule has 1 aliphatic heterocycles. The third-order valence-electron chi connectivity index (χ3n) is 1.75. The summed E-state index contributed by atoms with van der Waals surface area (Å²) in [5, 5.41) is 0. The van der Waals surface area contributed by atoms with Crippen LogP contribution in [0.15, 0.2) is 0 Å². The van der Waals surface area contributed by atoms with Crippen LogP contribution in [-0.4, -0.2) is 30.0 Å².